The molecule has 0 unspecified atom stereocenters. The fraction of sp³-hybridized carbons (Fsp3) is 0.714. The van der Waals surface area contributed by atoms with Crippen molar-refractivity contribution in [3.63, 3.8) is 0 Å². The normalized spacial score (nSPS) is 10.9. The van der Waals surface area contributed by atoms with Gasteiger partial charge in [-0.25, -0.2) is 0 Å². The molecule has 0 aromatic heterocycles. The highest BCUT2D eigenvalue weighted by Gasteiger charge is 2.28. The molecular weight excluding hydrogens is 259 g/mol. The van der Waals surface area contributed by atoms with E-state index in [4.69, 9.17) is 4.74 Å². The molecule has 0 fully saturated rings. The fourth-order valence-electron chi connectivity index (χ4n) is 0.397. The fourth-order valence-corrected chi connectivity index (χ4v) is 0.507. The van der Waals surface area contributed by atoms with Gasteiger partial charge in [0.2, 0.25) is 3.79 Å². The van der Waals surface area contributed by atoms with Crippen LogP contribution in [0.5, 0.6) is 0 Å². The maximum absolute atomic E-state index is 10.8. The number of rotatable bonds is 3. The van der Waals surface area contributed by atoms with Crippen LogP contribution in [0.1, 0.15) is 27.2 Å². The van der Waals surface area contributed by atoms with Crippen molar-refractivity contribution in [3.8, 4) is 0 Å². The number of hydrogen-bond acceptors (Lipinski definition) is 3. The second kappa shape index (κ2) is 4.04. The molecule has 0 aliphatic rings. The summed E-state index contributed by atoms with van der Waals surface area (Å²) in [7, 11) is 0. The molecule has 11 heavy (non-hydrogen) atoms. The molecule has 3 nitrogen and oxygen atoms in total. The lowest BCUT2D eigenvalue weighted by molar-refractivity contribution is -0.159. The Morgan fingerprint density at radius 1 is 1.45 bits per heavy atom. The summed E-state index contributed by atoms with van der Waals surface area (Å²) in [4.78, 5) is 21.6. The highest BCUT2D eigenvalue weighted by molar-refractivity contribution is 14.1. The molecule has 0 bridgehead atoms. The van der Waals surface area contributed by atoms with Crippen LogP contribution >= 0.6 is 22.6 Å². The lowest BCUT2D eigenvalue weighted by Crippen LogP contribution is -2.33. The summed E-state index contributed by atoms with van der Waals surface area (Å²) in [5.41, 5.74) is -0.979. The Hall–Kier alpha value is -0.130. The van der Waals surface area contributed by atoms with Crippen LogP contribution in [0, 0.1) is 0 Å². The minimum Gasteiger partial charge on any atom is -0.451 e. The zero-order valence-corrected chi connectivity index (χ0v) is 8.97. The summed E-state index contributed by atoms with van der Waals surface area (Å²) in [6.45, 7) is 4.85. The number of carbonyl (C=O) groups is 2. The van der Waals surface area contributed by atoms with Crippen molar-refractivity contribution in [1.29, 1.82) is 0 Å². The van der Waals surface area contributed by atoms with Gasteiger partial charge in [0, 0.05) is 29.0 Å². The lowest BCUT2D eigenvalue weighted by atomic mass is 10.2. The third-order valence-corrected chi connectivity index (χ3v) is 2.43. The molecule has 0 heterocycles. The predicted octanol–water partition coefficient (Wildman–Crippen LogP) is 1.68. The maximum Gasteiger partial charge on any atom is 0.306 e. The van der Waals surface area contributed by atoms with Crippen LogP contribution in [0.3, 0.4) is 0 Å². The van der Waals surface area contributed by atoms with Gasteiger partial charge in [0.05, 0.1) is 0 Å². The van der Waals surface area contributed by atoms with Gasteiger partial charge in [-0.1, -0.05) is 6.92 Å². The molecule has 0 aromatic rings. The monoisotopic (exact) mass is 270 g/mol. The zero-order valence-electron chi connectivity index (χ0n) is 6.81. The van der Waals surface area contributed by atoms with E-state index in [1.54, 1.807) is 43.4 Å². The number of esters is 1. The zero-order chi connectivity index (χ0) is 9.07. The van der Waals surface area contributed by atoms with Gasteiger partial charge in [-0.05, 0) is 13.8 Å². The summed E-state index contributed by atoms with van der Waals surface area (Å²) < 4.78 is 4.68. The first-order valence-corrected chi connectivity index (χ1v) is 4.39. The molecule has 0 atom stereocenters. The van der Waals surface area contributed by atoms with Crippen molar-refractivity contribution in [2.45, 2.75) is 32.8 Å². The molecule has 0 N–H and O–H groups in total. The van der Waals surface area contributed by atoms with Gasteiger partial charge < -0.3 is 4.74 Å². The Morgan fingerprint density at radius 2 is 1.91 bits per heavy atom. The van der Waals surface area contributed by atoms with Crippen LogP contribution in [0.2, 0.25) is 0 Å². The van der Waals surface area contributed by atoms with Crippen molar-refractivity contribution in [2.75, 3.05) is 0 Å². The first kappa shape index (κ1) is 10.9. The molecule has 4 heteroatoms. The second-order valence-corrected chi connectivity index (χ2v) is 3.59. The topological polar surface area (TPSA) is 43.4 Å². The molecule has 0 aliphatic heterocycles. The molecule has 0 saturated carbocycles. The van der Waals surface area contributed by atoms with E-state index in [0.29, 0.717) is 6.42 Å². The van der Waals surface area contributed by atoms with Crippen molar-refractivity contribution < 1.29 is 14.3 Å². The Balaban J connectivity index is 4.12. The van der Waals surface area contributed by atoms with Gasteiger partial charge in [0.25, 0.3) is 0 Å². The molecular formula is C7H11IO3. The van der Waals surface area contributed by atoms with Gasteiger partial charge in [0.1, 0.15) is 0 Å². The molecule has 0 rings (SSSR count). The maximum atomic E-state index is 10.8. The average Bonchev–Trinajstić information content (AvgIpc) is 1.86. The van der Waals surface area contributed by atoms with Crippen LogP contribution in [0.15, 0.2) is 0 Å². The minimum absolute atomic E-state index is 0.170. The molecule has 0 radical (unpaired) electrons. The van der Waals surface area contributed by atoms with E-state index < -0.39 is 5.60 Å². The molecule has 0 spiro atoms. The minimum atomic E-state index is -0.979. The van der Waals surface area contributed by atoms with Crippen LogP contribution in [-0.4, -0.2) is 15.4 Å². The standard InChI is InChI=1S/C7H11IO3/c1-4-5(9)11-7(2,3)6(8)10/h4H2,1-3H3. The van der Waals surface area contributed by atoms with Gasteiger partial charge in [-0.2, -0.15) is 0 Å². The highest BCUT2D eigenvalue weighted by Crippen LogP contribution is 2.15. The van der Waals surface area contributed by atoms with Crippen LogP contribution < -0.4 is 0 Å². The summed E-state index contributed by atoms with van der Waals surface area (Å²) in [6.07, 6.45) is 0.299. The van der Waals surface area contributed by atoms with Crippen molar-refractivity contribution >= 4 is 32.4 Å². The average molecular weight is 270 g/mol. The van der Waals surface area contributed by atoms with Gasteiger partial charge in [0.15, 0.2) is 5.60 Å². The quantitative estimate of drug-likeness (QED) is 0.445. The van der Waals surface area contributed by atoms with E-state index in [2.05, 4.69) is 0 Å². The Kier molecular flexibility index (Phi) is 3.99. The predicted molar refractivity (Wildman–Crippen MR) is 49.5 cm³/mol. The second-order valence-electron chi connectivity index (χ2n) is 2.61. The van der Waals surface area contributed by atoms with Gasteiger partial charge in [-0.3, -0.25) is 9.59 Å². The van der Waals surface area contributed by atoms with Crippen LogP contribution in [-0.2, 0) is 14.3 Å². The third-order valence-electron chi connectivity index (χ3n) is 1.13. The van der Waals surface area contributed by atoms with Crippen molar-refractivity contribution in [3.05, 3.63) is 0 Å². The van der Waals surface area contributed by atoms with E-state index >= 15 is 0 Å². The van der Waals surface area contributed by atoms with Crippen LogP contribution in [0.25, 0.3) is 0 Å². The molecule has 0 aliphatic carbocycles. The van der Waals surface area contributed by atoms with Gasteiger partial charge >= 0.3 is 5.97 Å². The summed E-state index contributed by atoms with van der Waals surface area (Å²) >= 11 is 1.62. The smallest absolute Gasteiger partial charge is 0.306 e. The van der Waals surface area contributed by atoms with E-state index in [0.717, 1.165) is 0 Å². The summed E-state index contributed by atoms with van der Waals surface area (Å²) in [6, 6.07) is 0. The van der Waals surface area contributed by atoms with Crippen LogP contribution in [0.4, 0.5) is 0 Å². The number of ether oxygens (including phenoxy) is 1. The third kappa shape index (κ3) is 3.69. The summed E-state index contributed by atoms with van der Waals surface area (Å²) in [5, 5.41) is 0. The lowest BCUT2D eigenvalue weighted by Gasteiger charge is -2.19. The number of halogens is 1. The Bertz CT molecular complexity index is 175. The molecule has 64 valence electrons. The largest absolute Gasteiger partial charge is 0.451 e. The first-order chi connectivity index (χ1) is 4.90. The highest BCUT2D eigenvalue weighted by atomic mass is 127. The van der Waals surface area contributed by atoms with E-state index in [1.807, 2.05) is 0 Å². The SMILES string of the molecule is CCC(=O)OC(C)(C)C(=O)I. The van der Waals surface area contributed by atoms with E-state index in [-0.39, 0.29) is 9.76 Å². The van der Waals surface area contributed by atoms with Crippen molar-refractivity contribution in [1.82, 2.24) is 0 Å². The van der Waals surface area contributed by atoms with E-state index in [1.165, 1.54) is 0 Å². The molecule has 0 amide bonds. The molecule has 0 aromatic carbocycles. The summed E-state index contributed by atoms with van der Waals surface area (Å²) in [5.74, 6) is -0.347. The van der Waals surface area contributed by atoms with E-state index in [9.17, 15) is 9.59 Å². The van der Waals surface area contributed by atoms with Crippen molar-refractivity contribution in [2.24, 2.45) is 0 Å². The number of hydrogen-bond donors (Lipinski definition) is 0. The Labute approximate surface area is 79.6 Å². The Morgan fingerprint density at radius 3 is 2.18 bits per heavy atom. The molecule has 0 saturated heterocycles. The number of carbonyl (C=O) groups excluding carboxylic acids is 2. The first-order valence-electron chi connectivity index (χ1n) is 3.32. The van der Waals surface area contributed by atoms with Gasteiger partial charge in [-0.15, -0.1) is 0 Å².